The minimum atomic E-state index is -0.334. The molecule has 0 saturated carbocycles. The van der Waals surface area contributed by atoms with Crippen LogP contribution in [0.2, 0.25) is 0 Å². The van der Waals surface area contributed by atoms with E-state index in [1.807, 2.05) is 36.3 Å². The number of carbonyl (C=O) groups is 1. The fourth-order valence-electron chi connectivity index (χ4n) is 3.97. The van der Waals surface area contributed by atoms with Crippen LogP contribution in [-0.2, 0) is 13.0 Å². The molecule has 0 bridgehead atoms. The molecule has 1 aromatic carbocycles. The van der Waals surface area contributed by atoms with Crippen LogP contribution in [0.15, 0.2) is 47.4 Å². The number of benzene rings is 1. The van der Waals surface area contributed by atoms with E-state index in [0.717, 1.165) is 24.1 Å². The highest BCUT2D eigenvalue weighted by Gasteiger charge is 2.35. The Bertz CT molecular complexity index is 1100. The third-order valence-corrected chi connectivity index (χ3v) is 5.42. The number of fused-ring (bicyclic) bond motifs is 1. The van der Waals surface area contributed by atoms with Gasteiger partial charge in [0.15, 0.2) is 0 Å². The highest BCUT2D eigenvalue weighted by atomic mass is 16.2. The number of aromatic amines is 2. The Labute approximate surface area is 174 Å². The maximum atomic E-state index is 12.6. The standard InChI is InChI=1S/C22H26N6O2/c1-22(2)10-17(24-20(30)16-9-19(29)27-26-16)15-12-23-21(25-18(15)11-22)28(3)13-14-7-5-4-6-8-14/h4-9,12,17H,10-11,13H2,1-3H3,(H,24,30)(H2,26,27,29)/t17-/m0/s1. The molecule has 4 rings (SSSR count). The number of H-pyrrole nitrogens is 2. The quantitative estimate of drug-likeness (QED) is 0.604. The maximum absolute atomic E-state index is 12.6. The van der Waals surface area contributed by atoms with Crippen LogP contribution in [0.25, 0.3) is 0 Å². The van der Waals surface area contributed by atoms with Crippen molar-refractivity contribution in [2.45, 2.75) is 39.3 Å². The van der Waals surface area contributed by atoms with Gasteiger partial charge < -0.3 is 10.2 Å². The van der Waals surface area contributed by atoms with Crippen molar-refractivity contribution in [1.82, 2.24) is 25.5 Å². The van der Waals surface area contributed by atoms with Gasteiger partial charge in [-0.25, -0.2) is 9.97 Å². The molecule has 156 valence electrons. The van der Waals surface area contributed by atoms with Gasteiger partial charge in [0.05, 0.1) is 11.7 Å². The van der Waals surface area contributed by atoms with Crippen LogP contribution in [0.3, 0.4) is 0 Å². The molecule has 2 heterocycles. The number of nitrogens with one attached hydrogen (secondary N) is 3. The Balaban J connectivity index is 1.58. The molecular formula is C22H26N6O2. The molecule has 0 saturated heterocycles. The molecule has 0 unspecified atom stereocenters. The van der Waals surface area contributed by atoms with Crippen molar-refractivity contribution in [3.63, 3.8) is 0 Å². The molecule has 0 radical (unpaired) electrons. The van der Waals surface area contributed by atoms with Gasteiger partial charge >= 0.3 is 0 Å². The first-order valence-corrected chi connectivity index (χ1v) is 10.0. The molecule has 0 aliphatic heterocycles. The van der Waals surface area contributed by atoms with E-state index in [9.17, 15) is 9.59 Å². The number of rotatable bonds is 5. The van der Waals surface area contributed by atoms with Crippen LogP contribution >= 0.6 is 0 Å². The molecule has 3 N–H and O–H groups in total. The molecule has 1 atom stereocenters. The summed E-state index contributed by atoms with van der Waals surface area (Å²) in [6.07, 6.45) is 3.40. The first-order chi connectivity index (χ1) is 14.3. The van der Waals surface area contributed by atoms with Crippen molar-refractivity contribution in [3.05, 3.63) is 75.5 Å². The fourth-order valence-corrected chi connectivity index (χ4v) is 3.97. The smallest absolute Gasteiger partial charge is 0.269 e. The molecule has 8 heteroatoms. The molecule has 1 aliphatic carbocycles. The zero-order chi connectivity index (χ0) is 21.3. The van der Waals surface area contributed by atoms with E-state index in [0.29, 0.717) is 12.5 Å². The van der Waals surface area contributed by atoms with E-state index < -0.39 is 0 Å². The van der Waals surface area contributed by atoms with Gasteiger partial charge in [0.2, 0.25) is 5.95 Å². The number of aromatic nitrogens is 4. The van der Waals surface area contributed by atoms with Crippen molar-refractivity contribution in [1.29, 1.82) is 0 Å². The van der Waals surface area contributed by atoms with Crippen LogP contribution in [-0.4, -0.2) is 33.1 Å². The monoisotopic (exact) mass is 406 g/mol. The first-order valence-electron chi connectivity index (χ1n) is 10.0. The van der Waals surface area contributed by atoms with Gasteiger partial charge in [0.25, 0.3) is 11.5 Å². The van der Waals surface area contributed by atoms with Crippen molar-refractivity contribution >= 4 is 11.9 Å². The molecule has 1 amide bonds. The average Bonchev–Trinajstić information content (AvgIpc) is 3.14. The Kier molecular flexibility index (Phi) is 5.15. The molecule has 3 aromatic rings. The molecule has 1 aliphatic rings. The second-order valence-electron chi connectivity index (χ2n) is 8.66. The zero-order valence-electron chi connectivity index (χ0n) is 17.4. The summed E-state index contributed by atoms with van der Waals surface area (Å²) in [6.45, 7) is 5.05. The van der Waals surface area contributed by atoms with E-state index in [4.69, 9.17) is 4.98 Å². The summed E-state index contributed by atoms with van der Waals surface area (Å²) in [6, 6.07) is 11.2. The summed E-state index contributed by atoms with van der Waals surface area (Å²) in [5.74, 6) is 0.336. The van der Waals surface area contributed by atoms with E-state index in [1.54, 1.807) is 0 Å². The number of amides is 1. The highest BCUT2D eigenvalue weighted by Crippen LogP contribution is 2.40. The average molecular weight is 406 g/mol. The van der Waals surface area contributed by atoms with E-state index >= 15 is 0 Å². The normalized spacial score (nSPS) is 17.2. The van der Waals surface area contributed by atoms with Crippen LogP contribution in [0.4, 0.5) is 5.95 Å². The van der Waals surface area contributed by atoms with Gasteiger partial charge in [-0.1, -0.05) is 44.2 Å². The fraction of sp³-hybridized carbons (Fsp3) is 0.364. The molecule has 30 heavy (non-hydrogen) atoms. The Morgan fingerprint density at radius 2 is 2.03 bits per heavy atom. The van der Waals surface area contributed by atoms with E-state index in [1.165, 1.54) is 11.6 Å². The van der Waals surface area contributed by atoms with Crippen molar-refractivity contribution in [3.8, 4) is 0 Å². The predicted octanol–water partition coefficient (Wildman–Crippen LogP) is 2.57. The summed E-state index contributed by atoms with van der Waals surface area (Å²) in [5, 5.41) is 8.02. The lowest BCUT2D eigenvalue weighted by molar-refractivity contribution is 0.0914. The Morgan fingerprint density at radius 1 is 1.27 bits per heavy atom. The third kappa shape index (κ3) is 4.27. The second-order valence-corrected chi connectivity index (χ2v) is 8.66. The summed E-state index contributed by atoms with van der Waals surface area (Å²) < 4.78 is 0. The van der Waals surface area contributed by atoms with Crippen LogP contribution < -0.4 is 15.8 Å². The lowest BCUT2D eigenvalue weighted by atomic mass is 9.74. The maximum Gasteiger partial charge on any atom is 0.269 e. The first kappa shape index (κ1) is 19.9. The Hall–Kier alpha value is -3.42. The van der Waals surface area contributed by atoms with Crippen molar-refractivity contribution in [2.24, 2.45) is 5.41 Å². The number of nitrogens with zero attached hydrogens (tertiary/aromatic N) is 3. The van der Waals surface area contributed by atoms with Gasteiger partial charge in [-0.15, -0.1) is 0 Å². The highest BCUT2D eigenvalue weighted by molar-refractivity contribution is 5.92. The summed E-state index contributed by atoms with van der Waals surface area (Å²) in [4.78, 5) is 35.3. The number of carbonyl (C=O) groups excluding carboxylic acids is 1. The molecule has 0 fully saturated rings. The lowest BCUT2D eigenvalue weighted by Crippen LogP contribution is -2.37. The SMILES string of the molecule is CN(Cc1ccccc1)c1ncc2c(n1)CC(C)(C)C[C@@H]2NC(=O)c1cc(=O)[nH][nH]1. The summed E-state index contributed by atoms with van der Waals surface area (Å²) in [5.41, 5.74) is 2.91. The van der Waals surface area contributed by atoms with Gasteiger partial charge in [0, 0.05) is 31.4 Å². The largest absolute Gasteiger partial charge is 0.344 e. The minimum Gasteiger partial charge on any atom is -0.344 e. The van der Waals surface area contributed by atoms with Gasteiger partial charge in [0.1, 0.15) is 5.69 Å². The molecule has 8 nitrogen and oxygen atoms in total. The van der Waals surface area contributed by atoms with Gasteiger partial charge in [-0.05, 0) is 23.8 Å². The lowest BCUT2D eigenvalue weighted by Gasteiger charge is -2.36. The van der Waals surface area contributed by atoms with E-state index in [-0.39, 0.29) is 28.6 Å². The number of hydrogen-bond donors (Lipinski definition) is 3. The third-order valence-electron chi connectivity index (χ3n) is 5.42. The number of anilines is 1. The number of hydrogen-bond acceptors (Lipinski definition) is 5. The summed E-state index contributed by atoms with van der Waals surface area (Å²) >= 11 is 0. The van der Waals surface area contributed by atoms with Crippen LogP contribution in [0, 0.1) is 5.41 Å². The molecular weight excluding hydrogens is 380 g/mol. The van der Waals surface area contributed by atoms with Crippen LogP contribution in [0.5, 0.6) is 0 Å². The minimum absolute atomic E-state index is 0.0277. The van der Waals surface area contributed by atoms with Crippen molar-refractivity contribution in [2.75, 3.05) is 11.9 Å². The Morgan fingerprint density at radius 3 is 2.73 bits per heavy atom. The van der Waals surface area contributed by atoms with Gasteiger partial charge in [-0.3, -0.25) is 19.8 Å². The van der Waals surface area contributed by atoms with Crippen molar-refractivity contribution < 1.29 is 4.79 Å². The van der Waals surface area contributed by atoms with Gasteiger partial charge in [-0.2, -0.15) is 0 Å². The molecule has 0 spiro atoms. The molecule has 2 aromatic heterocycles. The predicted molar refractivity (Wildman–Crippen MR) is 114 cm³/mol. The summed E-state index contributed by atoms with van der Waals surface area (Å²) in [7, 11) is 1.98. The van der Waals surface area contributed by atoms with Crippen LogP contribution in [0.1, 0.15) is 53.6 Å². The van der Waals surface area contributed by atoms with E-state index in [2.05, 4.69) is 46.5 Å². The topological polar surface area (TPSA) is 107 Å². The zero-order valence-corrected chi connectivity index (χ0v) is 17.4. The second kappa shape index (κ2) is 7.78.